The van der Waals surface area contributed by atoms with Crippen LogP contribution in [0, 0.1) is 6.92 Å². The summed E-state index contributed by atoms with van der Waals surface area (Å²) in [6.07, 6.45) is 3.69. The highest BCUT2D eigenvalue weighted by atomic mass is 32.1. The van der Waals surface area contributed by atoms with Gasteiger partial charge >= 0.3 is 0 Å². The zero-order valence-corrected chi connectivity index (χ0v) is 16.0. The standard InChI is InChI=1S/C19H28N2O3S/c1-14-5-12-25-16(14)13-20-8-3-15(4-9-20)21-18(22)17(23-2)19(21)6-10-24-11-7-19/h5,12,15,17H,3-4,6-11,13H2,1-2H3. The Bertz CT molecular complexity index is 618. The Labute approximate surface area is 153 Å². The number of rotatable bonds is 4. The fraction of sp³-hybridized carbons (Fsp3) is 0.737. The van der Waals surface area contributed by atoms with E-state index in [-0.39, 0.29) is 17.6 Å². The Morgan fingerprint density at radius 1 is 1.32 bits per heavy atom. The number of hydrogen-bond acceptors (Lipinski definition) is 5. The van der Waals surface area contributed by atoms with E-state index in [1.807, 2.05) is 11.3 Å². The second-order valence-corrected chi connectivity index (χ2v) is 8.57. The zero-order valence-electron chi connectivity index (χ0n) is 15.2. The Balaban J connectivity index is 1.40. The van der Waals surface area contributed by atoms with Gasteiger partial charge in [-0.05, 0) is 49.6 Å². The number of amides is 1. The summed E-state index contributed by atoms with van der Waals surface area (Å²) in [5, 5.41) is 2.18. The summed E-state index contributed by atoms with van der Waals surface area (Å²) in [7, 11) is 1.67. The molecule has 1 spiro atoms. The normalized spacial score (nSPS) is 27.7. The molecular weight excluding hydrogens is 336 g/mol. The number of carbonyl (C=O) groups is 1. The maximum absolute atomic E-state index is 12.7. The molecule has 3 saturated heterocycles. The average Bonchev–Trinajstić information content (AvgIpc) is 3.03. The average molecular weight is 365 g/mol. The zero-order chi connectivity index (χ0) is 17.4. The monoisotopic (exact) mass is 364 g/mol. The Morgan fingerprint density at radius 3 is 2.64 bits per heavy atom. The van der Waals surface area contributed by atoms with E-state index in [1.165, 1.54) is 10.4 Å². The van der Waals surface area contributed by atoms with Gasteiger partial charge in [-0.1, -0.05) is 0 Å². The molecule has 25 heavy (non-hydrogen) atoms. The SMILES string of the molecule is COC1C(=O)N(C2CCN(Cc3sccc3C)CC2)C12CCOCC2. The summed E-state index contributed by atoms with van der Waals surface area (Å²) in [6, 6.07) is 2.56. The van der Waals surface area contributed by atoms with Gasteiger partial charge < -0.3 is 14.4 Å². The molecule has 1 atom stereocenters. The van der Waals surface area contributed by atoms with Crippen molar-refractivity contribution in [3.8, 4) is 0 Å². The molecule has 0 N–H and O–H groups in total. The number of aryl methyl sites for hydroxylation is 1. The van der Waals surface area contributed by atoms with E-state index in [4.69, 9.17) is 9.47 Å². The summed E-state index contributed by atoms with van der Waals surface area (Å²) in [5.41, 5.74) is 1.29. The third kappa shape index (κ3) is 2.93. The number of methoxy groups -OCH3 is 1. The van der Waals surface area contributed by atoms with E-state index < -0.39 is 0 Å². The number of β-lactam (4-membered cyclic amide) rings is 1. The molecule has 0 saturated carbocycles. The molecule has 1 unspecified atom stereocenters. The summed E-state index contributed by atoms with van der Waals surface area (Å²) < 4.78 is 11.1. The fourth-order valence-electron chi connectivity index (χ4n) is 4.83. The van der Waals surface area contributed by atoms with Crippen LogP contribution in [0.2, 0.25) is 0 Å². The molecule has 6 heteroatoms. The van der Waals surface area contributed by atoms with Gasteiger partial charge in [0.05, 0.1) is 5.54 Å². The number of ether oxygens (including phenoxy) is 2. The lowest BCUT2D eigenvalue weighted by molar-refractivity contribution is -0.214. The van der Waals surface area contributed by atoms with Crippen LogP contribution in [0.15, 0.2) is 11.4 Å². The van der Waals surface area contributed by atoms with Crippen molar-refractivity contribution in [2.75, 3.05) is 33.4 Å². The second-order valence-electron chi connectivity index (χ2n) is 7.57. The maximum atomic E-state index is 12.7. The van der Waals surface area contributed by atoms with Crippen LogP contribution in [0.5, 0.6) is 0 Å². The van der Waals surface area contributed by atoms with E-state index in [1.54, 1.807) is 7.11 Å². The van der Waals surface area contributed by atoms with E-state index in [0.717, 1.165) is 58.5 Å². The molecule has 138 valence electrons. The van der Waals surface area contributed by atoms with Gasteiger partial charge in [0.15, 0.2) is 6.10 Å². The quantitative estimate of drug-likeness (QED) is 0.770. The molecule has 4 rings (SSSR count). The third-order valence-electron chi connectivity index (χ3n) is 6.28. The first kappa shape index (κ1) is 17.5. The van der Waals surface area contributed by atoms with Crippen molar-refractivity contribution >= 4 is 17.2 Å². The van der Waals surface area contributed by atoms with Gasteiger partial charge in [-0.3, -0.25) is 9.69 Å². The van der Waals surface area contributed by atoms with Crippen LogP contribution in [0.25, 0.3) is 0 Å². The predicted molar refractivity (Wildman–Crippen MR) is 97.8 cm³/mol. The van der Waals surface area contributed by atoms with Gasteiger partial charge in [0.2, 0.25) is 0 Å². The third-order valence-corrected chi connectivity index (χ3v) is 7.29. The largest absolute Gasteiger partial charge is 0.381 e. The lowest BCUT2D eigenvalue weighted by Crippen LogP contribution is -2.78. The molecule has 0 radical (unpaired) electrons. The molecule has 1 aromatic heterocycles. The van der Waals surface area contributed by atoms with Crippen LogP contribution < -0.4 is 0 Å². The molecule has 3 aliphatic rings. The number of hydrogen-bond donors (Lipinski definition) is 0. The minimum atomic E-state index is -0.261. The highest BCUT2D eigenvalue weighted by Gasteiger charge is 2.62. The summed E-state index contributed by atoms with van der Waals surface area (Å²) in [6.45, 7) is 6.84. The van der Waals surface area contributed by atoms with Gasteiger partial charge in [-0.25, -0.2) is 0 Å². The van der Waals surface area contributed by atoms with Crippen LogP contribution in [-0.4, -0.2) is 66.8 Å². The van der Waals surface area contributed by atoms with Crippen molar-refractivity contribution in [3.05, 3.63) is 21.9 Å². The lowest BCUT2D eigenvalue weighted by Gasteiger charge is -2.61. The van der Waals surface area contributed by atoms with E-state index in [0.29, 0.717) is 6.04 Å². The van der Waals surface area contributed by atoms with Gasteiger partial charge in [0.1, 0.15) is 0 Å². The number of thiophene rings is 1. The van der Waals surface area contributed by atoms with Gasteiger partial charge in [0, 0.05) is 50.9 Å². The van der Waals surface area contributed by atoms with Crippen LogP contribution in [0.4, 0.5) is 0 Å². The lowest BCUT2D eigenvalue weighted by atomic mass is 9.72. The number of carbonyl (C=O) groups excluding carboxylic acids is 1. The van der Waals surface area contributed by atoms with Crippen molar-refractivity contribution in [2.45, 2.75) is 56.8 Å². The van der Waals surface area contributed by atoms with Crippen molar-refractivity contribution in [1.29, 1.82) is 0 Å². The van der Waals surface area contributed by atoms with Gasteiger partial charge in [0.25, 0.3) is 5.91 Å². The summed E-state index contributed by atoms with van der Waals surface area (Å²) in [4.78, 5) is 18.9. The van der Waals surface area contributed by atoms with Crippen molar-refractivity contribution < 1.29 is 14.3 Å². The van der Waals surface area contributed by atoms with Crippen molar-refractivity contribution in [1.82, 2.24) is 9.80 Å². The highest BCUT2D eigenvalue weighted by molar-refractivity contribution is 7.10. The fourth-order valence-corrected chi connectivity index (χ4v) is 5.78. The van der Waals surface area contributed by atoms with E-state index in [9.17, 15) is 4.79 Å². The Morgan fingerprint density at radius 2 is 2.04 bits per heavy atom. The molecular formula is C19H28N2O3S. The molecule has 0 bridgehead atoms. The number of likely N-dealkylation sites (tertiary alicyclic amines) is 2. The van der Waals surface area contributed by atoms with Crippen LogP contribution >= 0.6 is 11.3 Å². The molecule has 4 heterocycles. The molecule has 3 aliphatic heterocycles. The van der Waals surface area contributed by atoms with E-state index >= 15 is 0 Å². The van der Waals surface area contributed by atoms with Crippen LogP contribution in [0.3, 0.4) is 0 Å². The minimum Gasteiger partial charge on any atom is -0.381 e. The first-order chi connectivity index (χ1) is 12.2. The highest BCUT2D eigenvalue weighted by Crippen LogP contribution is 2.45. The van der Waals surface area contributed by atoms with Gasteiger partial charge in [-0.15, -0.1) is 11.3 Å². The molecule has 3 fully saturated rings. The van der Waals surface area contributed by atoms with Gasteiger partial charge in [-0.2, -0.15) is 0 Å². The molecule has 0 aromatic carbocycles. The minimum absolute atomic E-state index is 0.110. The van der Waals surface area contributed by atoms with Crippen LogP contribution in [0.1, 0.15) is 36.1 Å². The smallest absolute Gasteiger partial charge is 0.254 e. The first-order valence-electron chi connectivity index (χ1n) is 9.35. The molecule has 0 aliphatic carbocycles. The molecule has 1 aromatic rings. The topological polar surface area (TPSA) is 42.0 Å². The summed E-state index contributed by atoms with van der Waals surface area (Å²) in [5.74, 6) is 0.192. The summed E-state index contributed by atoms with van der Waals surface area (Å²) >= 11 is 1.85. The van der Waals surface area contributed by atoms with Crippen molar-refractivity contribution in [2.24, 2.45) is 0 Å². The number of nitrogens with zero attached hydrogens (tertiary/aromatic N) is 2. The maximum Gasteiger partial charge on any atom is 0.254 e. The molecule has 5 nitrogen and oxygen atoms in total. The first-order valence-corrected chi connectivity index (χ1v) is 10.2. The number of piperidine rings is 1. The Hall–Kier alpha value is -0.950. The van der Waals surface area contributed by atoms with Crippen molar-refractivity contribution in [3.63, 3.8) is 0 Å². The second kappa shape index (κ2) is 6.99. The molecule has 1 amide bonds. The van der Waals surface area contributed by atoms with Crippen LogP contribution in [-0.2, 0) is 20.8 Å². The predicted octanol–water partition coefficient (Wildman–Crippen LogP) is 2.43. The van der Waals surface area contributed by atoms with E-state index in [2.05, 4.69) is 28.2 Å². The Kier molecular flexibility index (Phi) is 4.88.